The van der Waals surface area contributed by atoms with Crippen molar-refractivity contribution in [3.8, 4) is 0 Å². The first-order chi connectivity index (χ1) is 4.91. The highest BCUT2D eigenvalue weighted by Crippen LogP contribution is 1.81. The maximum Gasteiger partial charge on any atom is 0.330 e. The predicted molar refractivity (Wildman–Crippen MR) is 47.5 cm³/mol. The van der Waals surface area contributed by atoms with Crippen LogP contribution in [0.25, 0.3) is 0 Å². The Hall–Kier alpha value is -1.29. The molecule has 12 heavy (non-hydrogen) atoms. The van der Waals surface area contributed by atoms with Crippen molar-refractivity contribution in [2.24, 2.45) is 0 Å². The monoisotopic (exact) mass is 194 g/mol. The van der Waals surface area contributed by atoms with E-state index < -0.39 is 11.9 Å². The van der Waals surface area contributed by atoms with E-state index in [1.54, 1.807) is 0 Å². The summed E-state index contributed by atoms with van der Waals surface area (Å²) in [5.74, 6) is -1.92. The van der Waals surface area contributed by atoms with Crippen LogP contribution in [0, 0.1) is 0 Å². The molecule has 5 heteroatoms. The van der Waals surface area contributed by atoms with Gasteiger partial charge in [-0.1, -0.05) is 13.2 Å². The molecule has 0 radical (unpaired) electrons. The summed E-state index contributed by atoms with van der Waals surface area (Å²) in [6.07, 6.45) is 0.833. The fourth-order valence-corrected chi connectivity index (χ4v) is 0. The molecule has 0 fully saturated rings. The zero-order chi connectivity index (χ0) is 9.44. The molecule has 0 saturated heterocycles. The van der Waals surface area contributed by atoms with Crippen molar-refractivity contribution in [3.05, 3.63) is 24.8 Å². The molecule has 2 N–H and O–H groups in total. The minimum Gasteiger partial charge on any atom is -0.478 e. The summed E-state index contributed by atoms with van der Waals surface area (Å²) in [4.78, 5) is 18.8. The van der Waals surface area contributed by atoms with Crippen LogP contribution in [0.4, 0.5) is 0 Å². The van der Waals surface area contributed by atoms with E-state index in [-0.39, 0.29) is 18.0 Å². The lowest BCUT2D eigenvalue weighted by atomic mass is 10.4. The van der Waals surface area contributed by atoms with Crippen LogP contribution in [0.1, 0.15) is 6.92 Å². The molecule has 0 spiro atoms. The molecule has 0 aromatic rings. The summed E-state index contributed by atoms with van der Waals surface area (Å²) in [7, 11) is 0. The van der Waals surface area contributed by atoms with Gasteiger partial charge in [-0.15, -0.1) is 12.4 Å². The molecule has 0 aliphatic heterocycles. The minimum atomic E-state index is -0.981. The second-order valence-electron chi connectivity index (χ2n) is 1.63. The first kappa shape index (κ1) is 17.0. The van der Waals surface area contributed by atoms with Crippen molar-refractivity contribution < 1.29 is 19.8 Å². The van der Waals surface area contributed by atoms with E-state index in [4.69, 9.17) is 10.2 Å². The van der Waals surface area contributed by atoms with Crippen molar-refractivity contribution in [1.29, 1.82) is 0 Å². The number of rotatable bonds is 2. The van der Waals surface area contributed by atoms with Gasteiger partial charge in [-0.2, -0.15) is 0 Å². The average molecular weight is 195 g/mol. The number of carboxylic acid groups (broad SMARTS) is 2. The Morgan fingerprint density at radius 2 is 1.50 bits per heavy atom. The van der Waals surface area contributed by atoms with Crippen molar-refractivity contribution in [2.75, 3.05) is 0 Å². The molecule has 0 aromatic carbocycles. The number of aliphatic carboxylic acids is 2. The standard InChI is InChI=1S/C4H6O2.C3H4O2.ClH/c1-3(2)4(5)6;1-2-3(4)5;/h1H2,2H3,(H,5,6);2H,1H2,(H,4,5);1H. The highest BCUT2D eigenvalue weighted by molar-refractivity contribution is 5.85. The maximum absolute atomic E-state index is 9.60. The van der Waals surface area contributed by atoms with Gasteiger partial charge in [0.1, 0.15) is 0 Å². The van der Waals surface area contributed by atoms with Gasteiger partial charge in [-0.3, -0.25) is 0 Å². The van der Waals surface area contributed by atoms with Gasteiger partial charge in [0.15, 0.2) is 0 Å². The first-order valence-corrected chi connectivity index (χ1v) is 2.66. The maximum atomic E-state index is 9.60. The van der Waals surface area contributed by atoms with E-state index in [0.29, 0.717) is 0 Å². The Balaban J connectivity index is -0.000000126. The van der Waals surface area contributed by atoms with Crippen LogP contribution >= 0.6 is 12.4 Å². The average Bonchev–Trinajstić information content (AvgIpc) is 1.89. The third kappa shape index (κ3) is 23.3. The third-order valence-corrected chi connectivity index (χ3v) is 0.540. The van der Waals surface area contributed by atoms with E-state index >= 15 is 0 Å². The second kappa shape index (κ2) is 9.71. The second-order valence-corrected chi connectivity index (χ2v) is 1.63. The van der Waals surface area contributed by atoms with Crippen molar-refractivity contribution >= 4 is 24.3 Å². The molecule has 0 rings (SSSR count). The van der Waals surface area contributed by atoms with E-state index in [1.165, 1.54) is 6.92 Å². The van der Waals surface area contributed by atoms with Crippen molar-refractivity contribution in [2.45, 2.75) is 6.92 Å². The SMILES string of the molecule is C=C(C)C(=O)O.C=CC(=O)O.Cl. The largest absolute Gasteiger partial charge is 0.478 e. The Labute approximate surface area is 76.6 Å². The topological polar surface area (TPSA) is 74.6 Å². The Kier molecular flexibility index (Phi) is 13.7. The molecule has 0 heterocycles. The predicted octanol–water partition coefficient (Wildman–Crippen LogP) is 1.33. The fourth-order valence-electron chi connectivity index (χ4n) is 0. The van der Waals surface area contributed by atoms with Gasteiger partial charge >= 0.3 is 11.9 Å². The summed E-state index contributed by atoms with van der Waals surface area (Å²) in [6.45, 7) is 7.56. The van der Waals surface area contributed by atoms with Gasteiger partial charge in [0, 0.05) is 11.6 Å². The fraction of sp³-hybridized carbons (Fsp3) is 0.143. The van der Waals surface area contributed by atoms with Crippen LogP contribution in [0.3, 0.4) is 0 Å². The Bertz CT molecular complexity index is 174. The van der Waals surface area contributed by atoms with Gasteiger partial charge in [0.05, 0.1) is 0 Å². The van der Waals surface area contributed by atoms with Gasteiger partial charge < -0.3 is 10.2 Å². The highest BCUT2D eigenvalue weighted by atomic mass is 35.5. The van der Waals surface area contributed by atoms with Crippen LogP contribution in [0.15, 0.2) is 24.8 Å². The summed E-state index contributed by atoms with van der Waals surface area (Å²) in [6, 6.07) is 0. The van der Waals surface area contributed by atoms with Crippen LogP contribution in [-0.2, 0) is 9.59 Å². The molecule has 0 aliphatic rings. The molecule has 0 aromatic heterocycles. The van der Waals surface area contributed by atoms with E-state index in [9.17, 15) is 9.59 Å². The molecular formula is C7H11ClO4. The van der Waals surface area contributed by atoms with Crippen LogP contribution in [0.5, 0.6) is 0 Å². The number of halogens is 1. The number of carboxylic acids is 2. The van der Waals surface area contributed by atoms with Gasteiger partial charge in [0.25, 0.3) is 0 Å². The lowest BCUT2D eigenvalue weighted by Crippen LogP contribution is -1.92. The van der Waals surface area contributed by atoms with Gasteiger partial charge in [-0.25, -0.2) is 9.59 Å². The molecule has 4 nitrogen and oxygen atoms in total. The molecule has 0 aliphatic carbocycles. The summed E-state index contributed by atoms with van der Waals surface area (Å²) in [5.41, 5.74) is 0.176. The molecule has 70 valence electrons. The number of hydrogen-bond donors (Lipinski definition) is 2. The number of carbonyl (C=O) groups is 2. The smallest absolute Gasteiger partial charge is 0.330 e. The lowest BCUT2D eigenvalue weighted by Gasteiger charge is -1.79. The first-order valence-electron chi connectivity index (χ1n) is 2.66. The molecule has 0 atom stereocenters. The molecule has 0 saturated carbocycles. The third-order valence-electron chi connectivity index (χ3n) is 0.540. The number of hydrogen-bond acceptors (Lipinski definition) is 2. The van der Waals surface area contributed by atoms with Crippen LogP contribution in [0.2, 0.25) is 0 Å². The van der Waals surface area contributed by atoms with Gasteiger partial charge in [-0.05, 0) is 6.92 Å². The summed E-state index contributed by atoms with van der Waals surface area (Å²) < 4.78 is 0. The Morgan fingerprint density at radius 1 is 1.33 bits per heavy atom. The lowest BCUT2D eigenvalue weighted by molar-refractivity contribution is -0.133. The normalized spacial score (nSPS) is 6.42. The highest BCUT2D eigenvalue weighted by Gasteiger charge is 1.90. The molecule has 0 bridgehead atoms. The van der Waals surface area contributed by atoms with Crippen molar-refractivity contribution in [1.82, 2.24) is 0 Å². The molecule has 0 amide bonds. The summed E-state index contributed by atoms with van der Waals surface area (Å²) in [5, 5.41) is 15.5. The van der Waals surface area contributed by atoms with E-state index in [2.05, 4.69) is 13.2 Å². The summed E-state index contributed by atoms with van der Waals surface area (Å²) >= 11 is 0. The molecule has 0 unspecified atom stereocenters. The van der Waals surface area contributed by atoms with Crippen molar-refractivity contribution in [3.63, 3.8) is 0 Å². The van der Waals surface area contributed by atoms with E-state index in [0.717, 1.165) is 6.08 Å². The minimum absolute atomic E-state index is 0. The van der Waals surface area contributed by atoms with Crippen LogP contribution < -0.4 is 0 Å². The molecular weight excluding hydrogens is 184 g/mol. The Morgan fingerprint density at radius 3 is 1.50 bits per heavy atom. The van der Waals surface area contributed by atoms with Gasteiger partial charge in [0.2, 0.25) is 0 Å². The van der Waals surface area contributed by atoms with E-state index in [1.807, 2.05) is 0 Å². The zero-order valence-electron chi connectivity index (χ0n) is 6.61. The quantitative estimate of drug-likeness (QED) is 0.651. The van der Waals surface area contributed by atoms with Crippen LogP contribution in [-0.4, -0.2) is 22.2 Å². The zero-order valence-corrected chi connectivity index (χ0v) is 7.43.